The van der Waals surface area contributed by atoms with E-state index in [4.69, 9.17) is 9.47 Å². The summed E-state index contributed by atoms with van der Waals surface area (Å²) in [5.41, 5.74) is 0.729. The molecule has 31 heavy (non-hydrogen) atoms. The number of Topliss-reactive ketones (excluding diaryl/α,β-unsaturated/α-hetero) is 1. The van der Waals surface area contributed by atoms with Gasteiger partial charge in [0.2, 0.25) is 12.7 Å². The number of imide groups is 1. The molecule has 0 aromatic heterocycles. The van der Waals surface area contributed by atoms with E-state index in [9.17, 15) is 23.6 Å². The molecule has 4 rings (SSSR count). The Bertz CT molecular complexity index is 1100. The molecule has 0 radical (unpaired) electrons. The lowest BCUT2D eigenvalue weighted by atomic mass is 10.1. The van der Waals surface area contributed by atoms with Crippen LogP contribution in [0.25, 0.3) is 0 Å². The molecule has 1 saturated heterocycles. The minimum Gasteiger partial charge on any atom is -0.454 e. The predicted octanol–water partition coefficient (Wildman–Crippen LogP) is 2.55. The van der Waals surface area contributed by atoms with Crippen molar-refractivity contribution in [1.82, 2.24) is 4.90 Å². The molecule has 1 unspecified atom stereocenters. The van der Waals surface area contributed by atoms with Crippen molar-refractivity contribution >= 4 is 35.0 Å². The SMILES string of the molecule is CC(=O)c1cc2c(cc1NC(=O)CN1C(=O)C(C)N(c3ccc(F)cc3)C1=O)OCO2. The van der Waals surface area contributed by atoms with Crippen LogP contribution in [0.1, 0.15) is 24.2 Å². The van der Waals surface area contributed by atoms with Gasteiger partial charge in [-0.15, -0.1) is 0 Å². The number of carbonyl (C=O) groups is 4. The molecule has 1 fully saturated rings. The van der Waals surface area contributed by atoms with E-state index in [0.29, 0.717) is 17.2 Å². The van der Waals surface area contributed by atoms with Crippen LogP contribution in [-0.4, -0.2) is 47.9 Å². The number of nitrogens with zero attached hydrogens (tertiary/aromatic N) is 2. The third kappa shape index (κ3) is 3.67. The quantitative estimate of drug-likeness (QED) is 0.581. The summed E-state index contributed by atoms with van der Waals surface area (Å²) in [7, 11) is 0. The number of nitrogens with one attached hydrogen (secondary N) is 1. The molecule has 2 aromatic carbocycles. The van der Waals surface area contributed by atoms with Crippen LogP contribution in [0.15, 0.2) is 36.4 Å². The Hall–Kier alpha value is -3.95. The summed E-state index contributed by atoms with van der Waals surface area (Å²) < 4.78 is 23.7. The molecule has 0 aliphatic carbocycles. The van der Waals surface area contributed by atoms with Crippen molar-refractivity contribution < 1.29 is 33.0 Å². The van der Waals surface area contributed by atoms with Crippen molar-refractivity contribution in [1.29, 1.82) is 0 Å². The van der Waals surface area contributed by atoms with Gasteiger partial charge in [0.05, 0.1) is 5.69 Å². The number of benzene rings is 2. The van der Waals surface area contributed by atoms with Gasteiger partial charge in [0, 0.05) is 17.3 Å². The van der Waals surface area contributed by atoms with E-state index < -0.39 is 36.2 Å². The minimum absolute atomic E-state index is 0.00202. The number of rotatable bonds is 5. The van der Waals surface area contributed by atoms with Crippen LogP contribution in [-0.2, 0) is 9.59 Å². The van der Waals surface area contributed by atoms with Gasteiger partial charge in [0.25, 0.3) is 5.91 Å². The van der Waals surface area contributed by atoms with Crippen molar-refractivity contribution in [3.8, 4) is 11.5 Å². The number of ether oxygens (including phenoxy) is 2. The highest BCUT2D eigenvalue weighted by Gasteiger charge is 2.44. The number of carbonyl (C=O) groups excluding carboxylic acids is 4. The Labute approximate surface area is 176 Å². The zero-order chi connectivity index (χ0) is 22.3. The maximum atomic E-state index is 13.2. The molecule has 4 amide bonds. The topological polar surface area (TPSA) is 105 Å². The van der Waals surface area contributed by atoms with Crippen LogP contribution >= 0.6 is 0 Å². The van der Waals surface area contributed by atoms with Gasteiger partial charge in [-0.3, -0.25) is 24.2 Å². The van der Waals surface area contributed by atoms with Crippen LogP contribution in [0.2, 0.25) is 0 Å². The lowest BCUT2D eigenvalue weighted by Gasteiger charge is -2.19. The van der Waals surface area contributed by atoms with E-state index in [2.05, 4.69) is 5.32 Å². The number of ketones is 1. The van der Waals surface area contributed by atoms with Gasteiger partial charge in [0.1, 0.15) is 18.4 Å². The average Bonchev–Trinajstić information content (AvgIpc) is 3.26. The minimum atomic E-state index is -0.857. The number of halogens is 1. The van der Waals surface area contributed by atoms with Crippen LogP contribution in [0.3, 0.4) is 0 Å². The Morgan fingerprint density at radius 1 is 1.13 bits per heavy atom. The smallest absolute Gasteiger partial charge is 0.332 e. The molecular formula is C21H18FN3O6. The third-order valence-corrected chi connectivity index (χ3v) is 5.02. The molecule has 0 spiro atoms. The summed E-state index contributed by atoms with van der Waals surface area (Å²) in [6, 6.07) is 6.48. The molecule has 160 valence electrons. The number of amides is 4. The molecule has 2 heterocycles. The molecular weight excluding hydrogens is 409 g/mol. The first-order valence-electron chi connectivity index (χ1n) is 9.41. The van der Waals surface area contributed by atoms with Crippen molar-refractivity contribution in [2.45, 2.75) is 19.9 Å². The molecule has 2 aliphatic heterocycles. The highest BCUT2D eigenvalue weighted by Crippen LogP contribution is 2.37. The van der Waals surface area contributed by atoms with Crippen molar-refractivity contribution in [3.63, 3.8) is 0 Å². The van der Waals surface area contributed by atoms with E-state index in [0.717, 1.165) is 4.90 Å². The van der Waals surface area contributed by atoms with Crippen molar-refractivity contribution in [2.24, 2.45) is 0 Å². The van der Waals surface area contributed by atoms with E-state index >= 15 is 0 Å². The second kappa shape index (κ2) is 7.71. The zero-order valence-electron chi connectivity index (χ0n) is 16.7. The first-order valence-corrected chi connectivity index (χ1v) is 9.41. The Morgan fingerprint density at radius 2 is 1.77 bits per heavy atom. The number of anilines is 2. The fourth-order valence-corrected chi connectivity index (χ4v) is 3.48. The van der Waals surface area contributed by atoms with E-state index in [1.807, 2.05) is 0 Å². The highest BCUT2D eigenvalue weighted by atomic mass is 19.1. The summed E-state index contributed by atoms with van der Waals surface area (Å²) in [5.74, 6) is -1.27. The molecule has 1 N–H and O–H groups in total. The normalized spacial score (nSPS) is 17.3. The number of fused-ring (bicyclic) bond motifs is 1. The number of urea groups is 1. The summed E-state index contributed by atoms with van der Waals surface area (Å²) in [5, 5.41) is 2.56. The second-order valence-corrected chi connectivity index (χ2v) is 7.08. The van der Waals surface area contributed by atoms with E-state index in [1.165, 1.54) is 55.1 Å². The summed E-state index contributed by atoms with van der Waals surface area (Å²) in [4.78, 5) is 52.0. The van der Waals surface area contributed by atoms with Gasteiger partial charge < -0.3 is 14.8 Å². The summed E-state index contributed by atoms with van der Waals surface area (Å²) >= 11 is 0. The largest absolute Gasteiger partial charge is 0.454 e. The van der Waals surface area contributed by atoms with E-state index in [1.54, 1.807) is 0 Å². The monoisotopic (exact) mass is 427 g/mol. The Morgan fingerprint density at radius 3 is 2.42 bits per heavy atom. The highest BCUT2D eigenvalue weighted by molar-refractivity contribution is 6.16. The van der Waals surface area contributed by atoms with E-state index in [-0.39, 0.29) is 23.8 Å². The second-order valence-electron chi connectivity index (χ2n) is 7.08. The van der Waals surface area contributed by atoms with Crippen LogP contribution < -0.4 is 19.7 Å². The number of hydrogen-bond acceptors (Lipinski definition) is 6. The van der Waals surface area contributed by atoms with Crippen molar-refractivity contribution in [2.75, 3.05) is 23.6 Å². The molecule has 2 aliphatic rings. The van der Waals surface area contributed by atoms with Gasteiger partial charge in [-0.05, 0) is 44.2 Å². The first kappa shape index (κ1) is 20.3. The van der Waals surface area contributed by atoms with Gasteiger partial charge in [-0.2, -0.15) is 0 Å². The molecule has 1 atom stereocenters. The molecule has 9 nitrogen and oxygen atoms in total. The fraction of sp³-hybridized carbons (Fsp3) is 0.238. The molecule has 0 saturated carbocycles. The number of hydrogen-bond donors (Lipinski definition) is 1. The standard InChI is InChI=1S/C21H18FN3O6/c1-11-20(28)24(21(29)25(11)14-5-3-13(22)4-6-14)9-19(27)23-16-8-18-17(30-10-31-18)7-15(16)12(2)26/h3-8,11H,9-10H2,1-2H3,(H,23,27). The fourth-order valence-electron chi connectivity index (χ4n) is 3.48. The van der Waals surface area contributed by atoms with Gasteiger partial charge in [-0.1, -0.05) is 0 Å². The van der Waals surface area contributed by atoms with Gasteiger partial charge in [0.15, 0.2) is 17.3 Å². The lowest BCUT2D eigenvalue weighted by Crippen LogP contribution is -2.39. The van der Waals surface area contributed by atoms with Gasteiger partial charge >= 0.3 is 6.03 Å². The lowest BCUT2D eigenvalue weighted by molar-refractivity contribution is -0.130. The maximum absolute atomic E-state index is 13.2. The van der Waals surface area contributed by atoms with Crippen molar-refractivity contribution in [3.05, 3.63) is 47.8 Å². The molecule has 0 bridgehead atoms. The zero-order valence-corrected chi connectivity index (χ0v) is 16.7. The van der Waals surface area contributed by atoms with Crippen LogP contribution in [0, 0.1) is 5.82 Å². The van der Waals surface area contributed by atoms with Crippen LogP contribution in [0.5, 0.6) is 11.5 Å². The van der Waals surface area contributed by atoms with Gasteiger partial charge in [-0.25, -0.2) is 9.18 Å². The average molecular weight is 427 g/mol. The Kier molecular flexibility index (Phi) is 5.05. The van der Waals surface area contributed by atoms with Crippen LogP contribution in [0.4, 0.5) is 20.6 Å². The predicted molar refractivity (Wildman–Crippen MR) is 107 cm³/mol. The summed E-state index contributed by atoms with van der Waals surface area (Å²) in [6.07, 6.45) is 0. The molecule has 2 aromatic rings. The molecule has 10 heteroatoms. The Balaban J connectivity index is 1.53. The first-order chi connectivity index (χ1) is 14.8. The third-order valence-electron chi connectivity index (χ3n) is 5.02. The summed E-state index contributed by atoms with van der Waals surface area (Å²) in [6.45, 7) is 2.31. The maximum Gasteiger partial charge on any atom is 0.332 e.